The lowest BCUT2D eigenvalue weighted by molar-refractivity contribution is -0.124. The van der Waals surface area contributed by atoms with Crippen molar-refractivity contribution in [1.82, 2.24) is 5.32 Å². The van der Waals surface area contributed by atoms with E-state index in [1.54, 1.807) is 0 Å². The lowest BCUT2D eigenvalue weighted by Crippen LogP contribution is -2.49. The molecule has 4 heteroatoms. The lowest BCUT2D eigenvalue weighted by Gasteiger charge is -2.30. The Hall–Kier alpha value is -0.640. The normalized spacial score (nSPS) is 26.4. The van der Waals surface area contributed by atoms with Crippen LogP contribution < -0.4 is 11.1 Å². The second-order valence-corrected chi connectivity index (χ2v) is 4.59. The number of amides is 1. The Bertz CT molecular complexity index is 236. The van der Waals surface area contributed by atoms with Crippen LogP contribution in [0.3, 0.4) is 0 Å². The van der Waals surface area contributed by atoms with Gasteiger partial charge in [0.05, 0.1) is 12.6 Å². The van der Waals surface area contributed by atoms with E-state index in [0.29, 0.717) is 18.8 Å². The molecule has 2 rings (SSSR count). The molecular weight excluding hydrogens is 183 g/mol. The Morgan fingerprint density at radius 3 is 2.64 bits per heavy atom. The minimum atomic E-state index is -1.12. The highest BCUT2D eigenvalue weighted by molar-refractivity contribution is 5.82. The van der Waals surface area contributed by atoms with E-state index in [9.17, 15) is 9.18 Å². The summed E-state index contributed by atoms with van der Waals surface area (Å²) in [5.41, 5.74) is 4.62. The van der Waals surface area contributed by atoms with E-state index >= 15 is 0 Å². The zero-order valence-electron chi connectivity index (χ0n) is 8.26. The Labute approximate surface area is 83.2 Å². The van der Waals surface area contributed by atoms with Crippen LogP contribution >= 0.6 is 0 Å². The van der Waals surface area contributed by atoms with Gasteiger partial charge >= 0.3 is 0 Å². The number of nitrogens with one attached hydrogen (secondary N) is 1. The van der Waals surface area contributed by atoms with Crippen LogP contribution in [-0.4, -0.2) is 24.2 Å². The van der Waals surface area contributed by atoms with Crippen molar-refractivity contribution < 1.29 is 9.18 Å². The second kappa shape index (κ2) is 3.50. The predicted molar refractivity (Wildman–Crippen MR) is 51.4 cm³/mol. The fourth-order valence-corrected chi connectivity index (χ4v) is 1.69. The van der Waals surface area contributed by atoms with Crippen LogP contribution in [0.5, 0.6) is 0 Å². The first-order valence-corrected chi connectivity index (χ1v) is 5.33. The molecule has 2 aliphatic rings. The molecule has 0 aromatic carbocycles. The molecule has 0 aliphatic heterocycles. The molecule has 2 fully saturated rings. The maximum atomic E-state index is 13.2. The number of hydrogen-bond donors (Lipinski definition) is 2. The van der Waals surface area contributed by atoms with Gasteiger partial charge in [-0.25, -0.2) is 4.39 Å². The van der Waals surface area contributed by atoms with Gasteiger partial charge in [0.2, 0.25) is 5.91 Å². The third-order valence-electron chi connectivity index (χ3n) is 3.33. The van der Waals surface area contributed by atoms with E-state index in [2.05, 4.69) is 5.32 Å². The third kappa shape index (κ3) is 2.05. The van der Waals surface area contributed by atoms with E-state index in [-0.39, 0.29) is 12.5 Å². The van der Waals surface area contributed by atoms with Gasteiger partial charge < -0.3 is 11.1 Å². The Balaban J connectivity index is 1.71. The highest BCUT2D eigenvalue weighted by Gasteiger charge is 2.43. The zero-order chi connectivity index (χ0) is 10.2. The number of carbonyl (C=O) groups excluding carboxylic acids is 1. The van der Waals surface area contributed by atoms with Crippen molar-refractivity contribution in [2.45, 2.75) is 43.8 Å². The number of carbonyl (C=O) groups is 1. The van der Waals surface area contributed by atoms with Crippen molar-refractivity contribution in [1.29, 1.82) is 0 Å². The smallest absolute Gasteiger partial charge is 0.237 e. The summed E-state index contributed by atoms with van der Waals surface area (Å²) in [6, 6.07) is -0.425. The SMILES string of the molecule is NC(C(=O)NCC1(F)CC1)C1CCC1. The molecule has 14 heavy (non-hydrogen) atoms. The molecule has 0 aromatic rings. The van der Waals surface area contributed by atoms with Crippen LogP contribution in [0.1, 0.15) is 32.1 Å². The average molecular weight is 200 g/mol. The Kier molecular flexibility index (Phi) is 2.47. The molecule has 1 unspecified atom stereocenters. The quantitative estimate of drug-likeness (QED) is 0.703. The molecule has 0 spiro atoms. The molecule has 0 saturated heterocycles. The highest BCUT2D eigenvalue weighted by Crippen LogP contribution is 2.38. The van der Waals surface area contributed by atoms with Crippen molar-refractivity contribution >= 4 is 5.91 Å². The Morgan fingerprint density at radius 1 is 1.57 bits per heavy atom. The van der Waals surface area contributed by atoms with Crippen molar-refractivity contribution in [3.63, 3.8) is 0 Å². The lowest BCUT2D eigenvalue weighted by atomic mass is 9.80. The summed E-state index contributed by atoms with van der Waals surface area (Å²) in [6.45, 7) is 0.145. The van der Waals surface area contributed by atoms with Crippen LogP contribution in [0, 0.1) is 5.92 Å². The fraction of sp³-hybridized carbons (Fsp3) is 0.900. The number of halogens is 1. The van der Waals surface area contributed by atoms with Crippen LogP contribution in [-0.2, 0) is 4.79 Å². The first kappa shape index (κ1) is 9.90. The van der Waals surface area contributed by atoms with Gasteiger partial charge in [-0.3, -0.25) is 4.79 Å². The molecule has 2 saturated carbocycles. The van der Waals surface area contributed by atoms with Crippen LogP contribution in [0.15, 0.2) is 0 Å². The standard InChI is InChI=1S/C10H17FN2O/c11-10(4-5-10)6-13-9(14)8(12)7-2-1-3-7/h7-8H,1-6,12H2,(H,13,14). The number of nitrogens with two attached hydrogens (primary N) is 1. The summed E-state index contributed by atoms with van der Waals surface area (Å²) in [5.74, 6) is 0.142. The van der Waals surface area contributed by atoms with Gasteiger partial charge in [0.1, 0.15) is 5.67 Å². The monoisotopic (exact) mass is 200 g/mol. The van der Waals surface area contributed by atoms with E-state index in [1.807, 2.05) is 0 Å². The van der Waals surface area contributed by atoms with Crippen molar-refractivity contribution in [2.24, 2.45) is 11.7 Å². The molecule has 0 aromatic heterocycles. The zero-order valence-corrected chi connectivity index (χ0v) is 8.26. The number of alkyl halides is 1. The summed E-state index contributed by atoms with van der Waals surface area (Å²) in [5, 5.41) is 2.60. The van der Waals surface area contributed by atoms with Crippen molar-refractivity contribution in [2.75, 3.05) is 6.54 Å². The molecule has 3 N–H and O–H groups in total. The topological polar surface area (TPSA) is 55.1 Å². The highest BCUT2D eigenvalue weighted by atomic mass is 19.1. The van der Waals surface area contributed by atoms with Gasteiger partial charge in [-0.15, -0.1) is 0 Å². The minimum absolute atomic E-state index is 0.145. The number of rotatable bonds is 4. The Morgan fingerprint density at radius 2 is 2.21 bits per heavy atom. The summed E-state index contributed by atoms with van der Waals surface area (Å²) < 4.78 is 13.2. The summed E-state index contributed by atoms with van der Waals surface area (Å²) >= 11 is 0. The number of hydrogen-bond acceptors (Lipinski definition) is 2. The third-order valence-corrected chi connectivity index (χ3v) is 3.33. The molecule has 80 valence electrons. The van der Waals surface area contributed by atoms with Gasteiger partial charge in [-0.2, -0.15) is 0 Å². The van der Waals surface area contributed by atoms with E-state index in [0.717, 1.165) is 12.8 Å². The summed E-state index contributed by atoms with van der Waals surface area (Å²) in [6.07, 6.45) is 4.39. The van der Waals surface area contributed by atoms with Gasteiger partial charge in [-0.05, 0) is 31.6 Å². The largest absolute Gasteiger partial charge is 0.352 e. The first-order chi connectivity index (χ1) is 6.61. The molecule has 3 nitrogen and oxygen atoms in total. The summed E-state index contributed by atoms with van der Waals surface area (Å²) in [4.78, 5) is 11.4. The van der Waals surface area contributed by atoms with Gasteiger partial charge in [0.15, 0.2) is 0 Å². The van der Waals surface area contributed by atoms with E-state index in [4.69, 9.17) is 5.73 Å². The van der Waals surface area contributed by atoms with Crippen molar-refractivity contribution in [3.05, 3.63) is 0 Å². The molecule has 0 bridgehead atoms. The van der Waals surface area contributed by atoms with E-state index in [1.165, 1.54) is 6.42 Å². The second-order valence-electron chi connectivity index (χ2n) is 4.59. The van der Waals surface area contributed by atoms with Crippen LogP contribution in [0.2, 0.25) is 0 Å². The minimum Gasteiger partial charge on any atom is -0.352 e. The molecule has 0 heterocycles. The van der Waals surface area contributed by atoms with Crippen LogP contribution in [0.25, 0.3) is 0 Å². The molecule has 0 radical (unpaired) electrons. The molecule has 1 atom stereocenters. The maximum Gasteiger partial charge on any atom is 0.237 e. The molecular formula is C10H17FN2O. The van der Waals surface area contributed by atoms with Gasteiger partial charge in [0, 0.05) is 0 Å². The average Bonchev–Trinajstić information content (AvgIpc) is 2.77. The summed E-state index contributed by atoms with van der Waals surface area (Å²) in [7, 11) is 0. The first-order valence-electron chi connectivity index (χ1n) is 5.33. The molecule has 1 amide bonds. The van der Waals surface area contributed by atoms with Crippen molar-refractivity contribution in [3.8, 4) is 0 Å². The molecule has 2 aliphatic carbocycles. The van der Waals surface area contributed by atoms with Gasteiger partial charge in [0.25, 0.3) is 0 Å². The van der Waals surface area contributed by atoms with E-state index < -0.39 is 11.7 Å². The predicted octanol–water partition coefficient (Wildman–Crippen LogP) is 0.732. The fourth-order valence-electron chi connectivity index (χ4n) is 1.69. The van der Waals surface area contributed by atoms with Crippen LogP contribution in [0.4, 0.5) is 4.39 Å². The maximum absolute atomic E-state index is 13.2. The van der Waals surface area contributed by atoms with Gasteiger partial charge in [-0.1, -0.05) is 6.42 Å².